The summed E-state index contributed by atoms with van der Waals surface area (Å²) < 4.78 is 13.6. The lowest BCUT2D eigenvalue weighted by atomic mass is 10.2. The van der Waals surface area contributed by atoms with Gasteiger partial charge in [0.25, 0.3) is 0 Å². The number of halogens is 1. The molecule has 1 heterocycles. The van der Waals surface area contributed by atoms with E-state index in [1.807, 2.05) is 6.92 Å². The Morgan fingerprint density at radius 1 is 1.29 bits per heavy atom. The minimum Gasteiger partial charge on any atom is -0.355 e. The molecule has 5 nitrogen and oxygen atoms in total. The third kappa shape index (κ3) is 3.93. The van der Waals surface area contributed by atoms with Crippen LogP contribution in [0.5, 0.6) is 0 Å². The summed E-state index contributed by atoms with van der Waals surface area (Å²) >= 11 is 0. The first-order valence-electron chi connectivity index (χ1n) is 7.15. The molecule has 0 spiro atoms. The first-order chi connectivity index (χ1) is 10.1. The van der Waals surface area contributed by atoms with Gasteiger partial charge in [0.2, 0.25) is 5.91 Å². The number of carbonyl (C=O) groups excluding carboxylic acids is 2. The fourth-order valence-electron chi connectivity index (χ4n) is 2.25. The molecule has 0 bridgehead atoms. The second-order valence-electron chi connectivity index (χ2n) is 5.07. The maximum absolute atomic E-state index is 13.6. The first kappa shape index (κ1) is 15.3. The van der Waals surface area contributed by atoms with Gasteiger partial charge in [-0.15, -0.1) is 0 Å². The third-order valence-electron chi connectivity index (χ3n) is 3.41. The number of urea groups is 1. The molecule has 1 aliphatic rings. The predicted octanol–water partition coefficient (Wildman–Crippen LogP) is 1.59. The van der Waals surface area contributed by atoms with E-state index in [4.69, 9.17) is 0 Å². The Bertz CT molecular complexity index is 521. The van der Waals surface area contributed by atoms with Gasteiger partial charge in [-0.05, 0) is 12.5 Å². The highest BCUT2D eigenvalue weighted by Crippen LogP contribution is 2.15. The second-order valence-corrected chi connectivity index (χ2v) is 5.07. The molecule has 1 aromatic carbocycles. The van der Waals surface area contributed by atoms with Crippen molar-refractivity contribution in [2.24, 2.45) is 0 Å². The van der Waals surface area contributed by atoms with Gasteiger partial charge in [0.1, 0.15) is 12.4 Å². The molecule has 1 N–H and O–H groups in total. The van der Waals surface area contributed by atoms with Crippen LogP contribution in [0.4, 0.5) is 9.18 Å². The molecule has 0 radical (unpaired) electrons. The highest BCUT2D eigenvalue weighted by Gasteiger charge is 2.29. The van der Waals surface area contributed by atoms with Gasteiger partial charge in [0, 0.05) is 25.2 Å². The summed E-state index contributed by atoms with van der Waals surface area (Å²) in [6.07, 6.45) is 0.860. The maximum Gasteiger partial charge on any atom is 0.320 e. The number of hydrogen-bond acceptors (Lipinski definition) is 2. The smallest absolute Gasteiger partial charge is 0.320 e. The van der Waals surface area contributed by atoms with Gasteiger partial charge in [0.15, 0.2) is 0 Å². The van der Waals surface area contributed by atoms with E-state index in [1.54, 1.807) is 23.1 Å². The summed E-state index contributed by atoms with van der Waals surface area (Å²) in [5.74, 6) is -0.470. The topological polar surface area (TPSA) is 52.7 Å². The quantitative estimate of drug-likeness (QED) is 0.866. The van der Waals surface area contributed by atoms with Gasteiger partial charge in [-0.2, -0.15) is 0 Å². The van der Waals surface area contributed by atoms with Crippen LogP contribution in [0.1, 0.15) is 18.9 Å². The lowest BCUT2D eigenvalue weighted by Gasteiger charge is -2.18. The Balaban J connectivity index is 1.90. The van der Waals surface area contributed by atoms with Crippen LogP contribution in [0.2, 0.25) is 0 Å². The number of benzene rings is 1. The van der Waals surface area contributed by atoms with Gasteiger partial charge in [-0.1, -0.05) is 25.1 Å². The van der Waals surface area contributed by atoms with Crippen LogP contribution in [0, 0.1) is 5.82 Å². The van der Waals surface area contributed by atoms with Crippen LogP contribution in [0.3, 0.4) is 0 Å². The fourth-order valence-corrected chi connectivity index (χ4v) is 2.25. The summed E-state index contributed by atoms with van der Waals surface area (Å²) in [5, 5.41) is 2.74. The molecule has 114 valence electrons. The largest absolute Gasteiger partial charge is 0.355 e. The number of amides is 3. The van der Waals surface area contributed by atoms with Gasteiger partial charge in [0.05, 0.1) is 6.54 Å². The number of rotatable bonds is 6. The maximum atomic E-state index is 13.6. The molecule has 0 saturated carbocycles. The number of hydrogen-bond donors (Lipinski definition) is 1. The van der Waals surface area contributed by atoms with Crippen molar-refractivity contribution in [2.75, 3.05) is 26.2 Å². The highest BCUT2D eigenvalue weighted by atomic mass is 19.1. The van der Waals surface area contributed by atoms with Crippen LogP contribution in [0.15, 0.2) is 24.3 Å². The van der Waals surface area contributed by atoms with E-state index >= 15 is 0 Å². The monoisotopic (exact) mass is 293 g/mol. The fraction of sp³-hybridized carbons (Fsp3) is 0.467. The molecule has 1 aromatic rings. The Kier molecular flexibility index (Phi) is 5.14. The number of nitrogens with zero attached hydrogens (tertiary/aromatic N) is 2. The molecule has 21 heavy (non-hydrogen) atoms. The third-order valence-corrected chi connectivity index (χ3v) is 3.41. The SMILES string of the molecule is CCCNC(=O)CN1CCN(Cc2ccccc2F)C1=O. The van der Waals surface area contributed by atoms with E-state index in [1.165, 1.54) is 11.0 Å². The molecular formula is C15H20FN3O2. The van der Waals surface area contributed by atoms with Crippen LogP contribution in [0.25, 0.3) is 0 Å². The van der Waals surface area contributed by atoms with Crippen molar-refractivity contribution < 1.29 is 14.0 Å². The van der Waals surface area contributed by atoms with Crippen LogP contribution < -0.4 is 5.32 Å². The lowest BCUT2D eigenvalue weighted by molar-refractivity contribution is -0.121. The number of carbonyl (C=O) groups is 2. The summed E-state index contributed by atoms with van der Waals surface area (Å²) in [5.41, 5.74) is 0.489. The van der Waals surface area contributed by atoms with Crippen molar-refractivity contribution in [3.05, 3.63) is 35.6 Å². The predicted molar refractivity (Wildman–Crippen MR) is 77.1 cm³/mol. The summed E-state index contributed by atoms with van der Waals surface area (Å²) in [4.78, 5) is 26.9. The van der Waals surface area contributed by atoms with E-state index in [-0.39, 0.29) is 30.8 Å². The second kappa shape index (κ2) is 7.06. The van der Waals surface area contributed by atoms with Crippen LogP contribution in [-0.2, 0) is 11.3 Å². The Labute approximate surface area is 123 Å². The minimum atomic E-state index is -0.315. The molecular weight excluding hydrogens is 273 g/mol. The van der Waals surface area contributed by atoms with E-state index in [9.17, 15) is 14.0 Å². The highest BCUT2D eigenvalue weighted by molar-refractivity contribution is 5.85. The molecule has 6 heteroatoms. The van der Waals surface area contributed by atoms with E-state index in [0.29, 0.717) is 25.2 Å². The molecule has 1 saturated heterocycles. The van der Waals surface area contributed by atoms with Crippen molar-refractivity contribution in [1.82, 2.24) is 15.1 Å². The Morgan fingerprint density at radius 3 is 2.71 bits per heavy atom. The molecule has 0 aromatic heterocycles. The van der Waals surface area contributed by atoms with Crippen molar-refractivity contribution in [3.8, 4) is 0 Å². The zero-order chi connectivity index (χ0) is 15.2. The van der Waals surface area contributed by atoms with Crippen molar-refractivity contribution >= 4 is 11.9 Å². The average molecular weight is 293 g/mol. The summed E-state index contributed by atoms with van der Waals surface area (Å²) in [7, 11) is 0. The van der Waals surface area contributed by atoms with E-state index in [0.717, 1.165) is 6.42 Å². The minimum absolute atomic E-state index is 0.0621. The first-order valence-corrected chi connectivity index (χ1v) is 7.15. The van der Waals surface area contributed by atoms with E-state index < -0.39 is 0 Å². The van der Waals surface area contributed by atoms with E-state index in [2.05, 4.69) is 5.32 Å². The van der Waals surface area contributed by atoms with Gasteiger partial charge >= 0.3 is 6.03 Å². The average Bonchev–Trinajstić information content (AvgIpc) is 2.80. The normalized spacial score (nSPS) is 14.7. The summed E-state index contributed by atoms with van der Waals surface area (Å²) in [6.45, 7) is 3.88. The molecule has 2 rings (SSSR count). The summed E-state index contributed by atoms with van der Waals surface area (Å²) in [6, 6.07) is 6.19. The van der Waals surface area contributed by atoms with Crippen molar-refractivity contribution in [1.29, 1.82) is 0 Å². The van der Waals surface area contributed by atoms with Crippen molar-refractivity contribution in [3.63, 3.8) is 0 Å². The van der Waals surface area contributed by atoms with Crippen LogP contribution in [-0.4, -0.2) is 47.9 Å². The van der Waals surface area contributed by atoms with Gasteiger partial charge < -0.3 is 15.1 Å². The van der Waals surface area contributed by atoms with Crippen LogP contribution >= 0.6 is 0 Å². The molecule has 0 unspecified atom stereocenters. The number of nitrogens with one attached hydrogen (secondary N) is 1. The van der Waals surface area contributed by atoms with Gasteiger partial charge in [-0.25, -0.2) is 9.18 Å². The van der Waals surface area contributed by atoms with Gasteiger partial charge in [-0.3, -0.25) is 4.79 Å². The molecule has 0 atom stereocenters. The standard InChI is InChI=1S/C15H20FN3O2/c1-2-7-17-14(20)11-19-9-8-18(15(19)21)10-12-5-3-4-6-13(12)16/h3-6H,2,7-11H2,1H3,(H,17,20). The molecule has 0 aliphatic carbocycles. The Hall–Kier alpha value is -2.11. The van der Waals surface area contributed by atoms with Crippen molar-refractivity contribution in [2.45, 2.75) is 19.9 Å². The Morgan fingerprint density at radius 2 is 2.00 bits per heavy atom. The molecule has 1 aliphatic heterocycles. The lowest BCUT2D eigenvalue weighted by Crippen LogP contribution is -2.40. The molecule has 1 fully saturated rings. The zero-order valence-corrected chi connectivity index (χ0v) is 12.1. The zero-order valence-electron chi connectivity index (χ0n) is 12.1. The molecule has 3 amide bonds.